The zero-order valence-electron chi connectivity index (χ0n) is 12.1. The summed E-state index contributed by atoms with van der Waals surface area (Å²) in [4.78, 5) is 24.9. The van der Waals surface area contributed by atoms with Crippen molar-refractivity contribution >= 4 is 23.8 Å². The number of carbonyl (C=O) groups excluding carboxylic acids is 1. The molecule has 2 fully saturated rings. The van der Waals surface area contributed by atoms with E-state index in [2.05, 4.69) is 12.2 Å². The normalized spacial score (nSPS) is 24.2. The predicted octanol–water partition coefficient (Wildman–Crippen LogP) is 2.17. The number of aliphatic carboxylic acids is 1. The van der Waals surface area contributed by atoms with E-state index in [-0.39, 0.29) is 18.5 Å². The number of urea groups is 1. The fourth-order valence-electron chi connectivity index (χ4n) is 2.88. The lowest BCUT2D eigenvalue weighted by Gasteiger charge is -2.35. The number of carbonyl (C=O) groups is 2. The van der Waals surface area contributed by atoms with Crippen molar-refractivity contribution in [2.45, 2.75) is 45.1 Å². The first-order valence-corrected chi connectivity index (χ1v) is 8.56. The molecular weight excluding hydrogens is 276 g/mol. The van der Waals surface area contributed by atoms with Gasteiger partial charge in [0.2, 0.25) is 0 Å². The monoisotopic (exact) mass is 300 g/mol. The van der Waals surface area contributed by atoms with Gasteiger partial charge in [0.25, 0.3) is 0 Å². The molecule has 1 aliphatic heterocycles. The Labute approximate surface area is 124 Å². The maximum atomic E-state index is 12.3. The van der Waals surface area contributed by atoms with Crippen LogP contribution in [0.15, 0.2) is 0 Å². The third kappa shape index (κ3) is 4.04. The van der Waals surface area contributed by atoms with Gasteiger partial charge in [-0.15, -0.1) is 0 Å². The molecule has 1 atom stereocenters. The van der Waals surface area contributed by atoms with Crippen molar-refractivity contribution in [3.8, 4) is 0 Å². The highest BCUT2D eigenvalue weighted by atomic mass is 32.2. The first-order chi connectivity index (χ1) is 9.56. The van der Waals surface area contributed by atoms with Gasteiger partial charge in [0.15, 0.2) is 0 Å². The van der Waals surface area contributed by atoms with Crippen molar-refractivity contribution in [3.63, 3.8) is 0 Å². The van der Waals surface area contributed by atoms with Gasteiger partial charge in [-0.25, -0.2) is 4.79 Å². The second-order valence-electron chi connectivity index (χ2n) is 5.93. The number of rotatable bonds is 6. The van der Waals surface area contributed by atoms with Crippen LogP contribution in [0.4, 0.5) is 4.79 Å². The molecule has 5 nitrogen and oxygen atoms in total. The van der Waals surface area contributed by atoms with Crippen molar-refractivity contribution < 1.29 is 14.7 Å². The van der Waals surface area contributed by atoms with E-state index in [9.17, 15) is 9.59 Å². The van der Waals surface area contributed by atoms with Gasteiger partial charge in [0.05, 0.1) is 12.5 Å². The molecule has 0 aromatic heterocycles. The van der Waals surface area contributed by atoms with Crippen LogP contribution < -0.4 is 5.32 Å². The van der Waals surface area contributed by atoms with Crippen molar-refractivity contribution in [2.75, 3.05) is 24.6 Å². The van der Waals surface area contributed by atoms with Crippen LogP contribution in [0.1, 0.15) is 39.0 Å². The van der Waals surface area contributed by atoms with Gasteiger partial charge in [-0.05, 0) is 24.7 Å². The van der Waals surface area contributed by atoms with Crippen LogP contribution in [0.2, 0.25) is 0 Å². The highest BCUT2D eigenvalue weighted by Gasteiger charge is 2.42. The lowest BCUT2D eigenvalue weighted by molar-refractivity contribution is -0.138. The number of nitrogens with zero attached hydrogens (tertiary/aromatic N) is 1. The Hall–Kier alpha value is -0.910. The summed E-state index contributed by atoms with van der Waals surface area (Å²) in [7, 11) is 0. The van der Waals surface area contributed by atoms with Crippen LogP contribution in [-0.4, -0.2) is 52.6 Å². The van der Waals surface area contributed by atoms with Gasteiger partial charge in [-0.2, -0.15) is 11.8 Å². The van der Waals surface area contributed by atoms with Crippen molar-refractivity contribution in [2.24, 2.45) is 5.41 Å². The molecule has 0 bridgehead atoms. The third-order valence-corrected chi connectivity index (χ3v) is 5.34. The number of nitrogens with one attached hydrogen (secondary N) is 1. The van der Waals surface area contributed by atoms with Gasteiger partial charge in [-0.1, -0.05) is 13.3 Å². The van der Waals surface area contributed by atoms with Gasteiger partial charge in [-0.3, -0.25) is 4.79 Å². The molecular formula is C14H24N2O3S. The maximum absolute atomic E-state index is 12.3. The molecule has 6 heteroatoms. The molecule has 0 aromatic rings. The minimum absolute atomic E-state index is 0.0422. The molecule has 0 radical (unpaired) electrons. The average Bonchev–Trinajstić information content (AvgIpc) is 3.17. The Bertz CT molecular complexity index is 371. The van der Waals surface area contributed by atoms with Crippen LogP contribution in [0.5, 0.6) is 0 Å². The van der Waals surface area contributed by atoms with Crippen molar-refractivity contribution in [3.05, 3.63) is 0 Å². The summed E-state index contributed by atoms with van der Waals surface area (Å²) in [6, 6.07) is -0.258. The van der Waals surface area contributed by atoms with E-state index in [1.165, 1.54) is 19.3 Å². The van der Waals surface area contributed by atoms with E-state index in [1.54, 1.807) is 16.7 Å². The Morgan fingerprint density at radius 3 is 2.80 bits per heavy atom. The number of carboxylic acids is 1. The number of amides is 2. The number of hydrogen-bond donors (Lipinski definition) is 2. The molecule has 1 saturated heterocycles. The SMILES string of the molecule is CCCC1(CNC(=O)N2CCSCC2CC(=O)O)CC1. The first-order valence-electron chi connectivity index (χ1n) is 7.40. The van der Waals surface area contributed by atoms with Gasteiger partial charge in [0, 0.05) is 24.6 Å². The van der Waals surface area contributed by atoms with E-state index in [0.29, 0.717) is 12.0 Å². The molecule has 0 aromatic carbocycles. The Balaban J connectivity index is 1.84. The van der Waals surface area contributed by atoms with Gasteiger partial charge < -0.3 is 15.3 Å². The van der Waals surface area contributed by atoms with E-state index < -0.39 is 5.97 Å². The number of hydrogen-bond acceptors (Lipinski definition) is 3. The van der Waals surface area contributed by atoms with Crippen LogP contribution in [-0.2, 0) is 4.79 Å². The number of carboxylic acid groups (broad SMARTS) is 1. The fourth-order valence-corrected chi connectivity index (χ4v) is 3.94. The van der Waals surface area contributed by atoms with Crippen LogP contribution in [0.3, 0.4) is 0 Å². The Kier molecular flexibility index (Phi) is 5.18. The first kappa shape index (κ1) is 15.5. The zero-order chi connectivity index (χ0) is 14.6. The minimum atomic E-state index is -0.833. The van der Waals surface area contributed by atoms with E-state index in [1.807, 2.05) is 0 Å². The molecule has 20 heavy (non-hydrogen) atoms. The lowest BCUT2D eigenvalue weighted by atomic mass is 10.0. The van der Waals surface area contributed by atoms with Crippen LogP contribution >= 0.6 is 11.8 Å². The second kappa shape index (κ2) is 6.70. The van der Waals surface area contributed by atoms with E-state index in [0.717, 1.165) is 24.5 Å². The molecule has 1 saturated carbocycles. The highest BCUT2D eigenvalue weighted by molar-refractivity contribution is 7.99. The van der Waals surface area contributed by atoms with E-state index in [4.69, 9.17) is 5.11 Å². The van der Waals surface area contributed by atoms with Gasteiger partial charge in [0.1, 0.15) is 0 Å². The van der Waals surface area contributed by atoms with Crippen molar-refractivity contribution in [1.29, 1.82) is 0 Å². The summed E-state index contributed by atoms with van der Waals surface area (Å²) in [5.74, 6) is 0.781. The quantitative estimate of drug-likeness (QED) is 0.789. The highest BCUT2D eigenvalue weighted by Crippen LogP contribution is 2.48. The molecule has 1 unspecified atom stereocenters. The van der Waals surface area contributed by atoms with Gasteiger partial charge >= 0.3 is 12.0 Å². The largest absolute Gasteiger partial charge is 0.481 e. The standard InChI is InChI=1S/C14H24N2O3S/c1-2-3-14(4-5-14)10-15-13(19)16-6-7-20-9-11(16)8-12(17)18/h11H,2-10H2,1H3,(H,15,19)(H,17,18). The van der Waals surface area contributed by atoms with Crippen LogP contribution in [0, 0.1) is 5.41 Å². The summed E-state index contributed by atoms with van der Waals surface area (Å²) in [5, 5.41) is 12.0. The average molecular weight is 300 g/mol. The van der Waals surface area contributed by atoms with Crippen LogP contribution in [0.25, 0.3) is 0 Å². The molecule has 0 spiro atoms. The fraction of sp³-hybridized carbons (Fsp3) is 0.857. The zero-order valence-corrected chi connectivity index (χ0v) is 12.9. The molecule has 1 aliphatic carbocycles. The van der Waals surface area contributed by atoms with E-state index >= 15 is 0 Å². The maximum Gasteiger partial charge on any atom is 0.317 e. The smallest absolute Gasteiger partial charge is 0.317 e. The summed E-state index contributed by atoms with van der Waals surface area (Å²) in [5.41, 5.74) is 0.331. The molecule has 1 heterocycles. The lowest BCUT2D eigenvalue weighted by Crippen LogP contribution is -2.52. The molecule has 2 aliphatic rings. The molecule has 2 rings (SSSR count). The predicted molar refractivity (Wildman–Crippen MR) is 80.0 cm³/mol. The topological polar surface area (TPSA) is 69.6 Å². The Morgan fingerprint density at radius 1 is 1.45 bits per heavy atom. The minimum Gasteiger partial charge on any atom is -0.481 e. The van der Waals surface area contributed by atoms with Crippen molar-refractivity contribution in [1.82, 2.24) is 10.2 Å². The second-order valence-corrected chi connectivity index (χ2v) is 7.08. The third-order valence-electron chi connectivity index (χ3n) is 4.25. The molecule has 2 amide bonds. The molecule has 114 valence electrons. The summed E-state index contributed by atoms with van der Waals surface area (Å²) in [6.07, 6.45) is 4.77. The summed E-state index contributed by atoms with van der Waals surface area (Å²) in [6.45, 7) is 3.56. The number of thioether (sulfide) groups is 1. The summed E-state index contributed by atoms with van der Waals surface area (Å²) >= 11 is 1.73. The summed E-state index contributed by atoms with van der Waals surface area (Å²) < 4.78 is 0. The Morgan fingerprint density at radius 2 is 2.20 bits per heavy atom. The molecule has 2 N–H and O–H groups in total.